The molecule has 5 nitrogen and oxygen atoms in total. The lowest BCUT2D eigenvalue weighted by atomic mass is 9.71. The van der Waals surface area contributed by atoms with Crippen molar-refractivity contribution < 1.29 is 4.79 Å². The SMILES string of the molecule is CC1(C)c2cc(N3CCC(N4CCCC4)CC3)c(Cl)cc2C(=O)c2c1[nH]c1cc(N)ccc21. The van der Waals surface area contributed by atoms with E-state index in [0.717, 1.165) is 46.5 Å². The number of nitrogens with two attached hydrogens (primary N) is 1. The van der Waals surface area contributed by atoms with Crippen LogP contribution in [0.25, 0.3) is 10.9 Å². The van der Waals surface area contributed by atoms with Gasteiger partial charge >= 0.3 is 0 Å². The van der Waals surface area contributed by atoms with Gasteiger partial charge in [0.05, 0.1) is 16.3 Å². The monoisotopic (exact) mass is 462 g/mol. The Kier molecular flexibility index (Phi) is 4.79. The van der Waals surface area contributed by atoms with Crippen LogP contribution in [0.2, 0.25) is 5.02 Å². The van der Waals surface area contributed by atoms with Crippen molar-refractivity contribution in [2.24, 2.45) is 0 Å². The summed E-state index contributed by atoms with van der Waals surface area (Å²) in [6.07, 6.45) is 5.01. The van der Waals surface area contributed by atoms with E-state index in [2.05, 4.69) is 34.7 Å². The molecule has 3 heterocycles. The van der Waals surface area contributed by atoms with Crippen LogP contribution in [0.1, 0.15) is 66.7 Å². The van der Waals surface area contributed by atoms with Gasteiger partial charge in [0.15, 0.2) is 5.78 Å². The van der Waals surface area contributed by atoms with Crippen LogP contribution < -0.4 is 10.6 Å². The molecular formula is C27H31ClN4O. The number of nitrogens with zero attached hydrogens (tertiary/aromatic N) is 2. The predicted octanol–water partition coefficient (Wildman–Crippen LogP) is 5.34. The molecule has 2 aromatic carbocycles. The smallest absolute Gasteiger partial charge is 0.195 e. The Morgan fingerprint density at radius 1 is 1.06 bits per heavy atom. The number of H-pyrrole nitrogens is 1. The first kappa shape index (κ1) is 21.1. The van der Waals surface area contributed by atoms with E-state index in [1.807, 2.05) is 24.3 Å². The standard InChI is InChI=1S/C27H31ClN4O/c1-27(2)20-15-23(32-11-7-17(8-12-32)31-9-3-4-10-31)21(28)14-19(20)25(33)24-18-6-5-16(29)13-22(18)30-26(24)27/h5-6,13-15,17,30H,3-4,7-12,29H2,1-2H3. The number of hydrogen-bond acceptors (Lipinski definition) is 4. The molecule has 6 rings (SSSR count). The lowest BCUT2D eigenvalue weighted by Gasteiger charge is -2.39. The number of nitrogens with one attached hydrogen (secondary N) is 1. The van der Waals surface area contributed by atoms with E-state index in [1.165, 1.54) is 38.8 Å². The highest BCUT2D eigenvalue weighted by atomic mass is 35.5. The number of likely N-dealkylation sites (tertiary alicyclic amines) is 1. The van der Waals surface area contributed by atoms with Crippen molar-refractivity contribution in [3.05, 3.63) is 57.7 Å². The van der Waals surface area contributed by atoms with Gasteiger partial charge in [-0.2, -0.15) is 0 Å². The molecule has 6 heteroatoms. The average Bonchev–Trinajstić information content (AvgIpc) is 3.46. The van der Waals surface area contributed by atoms with Gasteiger partial charge in [0.1, 0.15) is 0 Å². The number of benzene rings is 2. The Morgan fingerprint density at radius 2 is 1.79 bits per heavy atom. The second-order valence-electron chi connectivity index (χ2n) is 10.4. The number of carbonyl (C=O) groups is 1. The molecule has 0 atom stereocenters. The summed E-state index contributed by atoms with van der Waals surface area (Å²) in [5.74, 6) is 0.0385. The van der Waals surface area contributed by atoms with Crippen LogP contribution in [-0.4, -0.2) is 47.9 Å². The minimum Gasteiger partial charge on any atom is -0.399 e. The maximum atomic E-state index is 13.7. The molecule has 2 fully saturated rings. The van der Waals surface area contributed by atoms with Crippen molar-refractivity contribution in [3.63, 3.8) is 0 Å². The number of anilines is 2. The number of aromatic nitrogens is 1. The average molecular weight is 463 g/mol. The number of aromatic amines is 1. The molecule has 3 aliphatic rings. The fourth-order valence-corrected chi connectivity index (χ4v) is 6.56. The molecule has 0 unspecified atom stereocenters. The number of nitrogen functional groups attached to an aromatic ring is 1. The molecule has 0 amide bonds. The Labute approximate surface area is 199 Å². The Morgan fingerprint density at radius 3 is 2.52 bits per heavy atom. The van der Waals surface area contributed by atoms with Crippen molar-refractivity contribution in [1.29, 1.82) is 0 Å². The molecule has 33 heavy (non-hydrogen) atoms. The van der Waals surface area contributed by atoms with Crippen molar-refractivity contribution in [2.45, 2.75) is 51.0 Å². The van der Waals surface area contributed by atoms with Gasteiger partial charge in [-0.3, -0.25) is 4.79 Å². The largest absolute Gasteiger partial charge is 0.399 e. The van der Waals surface area contributed by atoms with Crippen LogP contribution in [0.3, 0.4) is 0 Å². The van der Waals surface area contributed by atoms with Crippen LogP contribution in [0.15, 0.2) is 30.3 Å². The lowest BCUT2D eigenvalue weighted by Crippen LogP contribution is -2.44. The third-order valence-corrected chi connectivity index (χ3v) is 8.44. The molecular weight excluding hydrogens is 432 g/mol. The van der Waals surface area contributed by atoms with E-state index in [9.17, 15) is 4.79 Å². The predicted molar refractivity (Wildman–Crippen MR) is 136 cm³/mol. The van der Waals surface area contributed by atoms with Gasteiger partial charge in [-0.25, -0.2) is 0 Å². The van der Waals surface area contributed by atoms with Crippen LogP contribution >= 0.6 is 11.6 Å². The highest BCUT2D eigenvalue weighted by Crippen LogP contribution is 2.46. The van der Waals surface area contributed by atoms with Crippen LogP contribution in [-0.2, 0) is 5.41 Å². The highest BCUT2D eigenvalue weighted by Gasteiger charge is 2.40. The first-order chi connectivity index (χ1) is 15.8. The zero-order valence-electron chi connectivity index (χ0n) is 19.4. The molecule has 172 valence electrons. The summed E-state index contributed by atoms with van der Waals surface area (Å²) >= 11 is 6.83. The fourth-order valence-electron chi connectivity index (χ4n) is 6.28. The molecule has 0 saturated carbocycles. The fraction of sp³-hybridized carbons (Fsp3) is 0.444. The first-order valence-electron chi connectivity index (χ1n) is 12.1. The molecule has 0 radical (unpaired) electrons. The number of rotatable bonds is 2. The summed E-state index contributed by atoms with van der Waals surface area (Å²) in [5.41, 5.74) is 11.8. The molecule has 0 spiro atoms. The number of fused-ring (bicyclic) bond motifs is 4. The van der Waals surface area contributed by atoms with Crippen LogP contribution in [0.5, 0.6) is 0 Å². The van der Waals surface area contributed by atoms with Crippen LogP contribution in [0.4, 0.5) is 11.4 Å². The number of ketones is 1. The normalized spacial score (nSPS) is 20.9. The Hall–Kier alpha value is -2.50. The number of carbonyl (C=O) groups excluding carboxylic acids is 1. The van der Waals surface area contributed by atoms with Gasteiger partial charge in [0, 0.05) is 52.4 Å². The second kappa shape index (κ2) is 7.51. The summed E-state index contributed by atoms with van der Waals surface area (Å²) < 4.78 is 0. The number of hydrogen-bond donors (Lipinski definition) is 2. The minimum absolute atomic E-state index is 0.0385. The number of piperidine rings is 1. The third-order valence-electron chi connectivity index (χ3n) is 8.14. The minimum atomic E-state index is -0.348. The van der Waals surface area contributed by atoms with Crippen molar-refractivity contribution in [2.75, 3.05) is 36.8 Å². The molecule has 0 bridgehead atoms. The Balaban J connectivity index is 1.37. The van der Waals surface area contributed by atoms with Gasteiger partial charge in [-0.15, -0.1) is 0 Å². The van der Waals surface area contributed by atoms with Gasteiger partial charge in [0.25, 0.3) is 0 Å². The van der Waals surface area contributed by atoms with E-state index in [-0.39, 0.29) is 11.2 Å². The highest BCUT2D eigenvalue weighted by molar-refractivity contribution is 6.34. The summed E-state index contributed by atoms with van der Waals surface area (Å²) in [5, 5.41) is 1.59. The van der Waals surface area contributed by atoms with E-state index >= 15 is 0 Å². The maximum absolute atomic E-state index is 13.7. The van der Waals surface area contributed by atoms with E-state index in [4.69, 9.17) is 17.3 Å². The molecule has 1 aliphatic carbocycles. The number of halogens is 1. The van der Waals surface area contributed by atoms with Crippen molar-refractivity contribution in [3.8, 4) is 0 Å². The van der Waals surface area contributed by atoms with Crippen molar-refractivity contribution in [1.82, 2.24) is 9.88 Å². The summed E-state index contributed by atoms with van der Waals surface area (Å²) in [7, 11) is 0. The van der Waals surface area contributed by atoms with Gasteiger partial charge in [-0.1, -0.05) is 31.5 Å². The molecule has 3 N–H and O–H groups in total. The van der Waals surface area contributed by atoms with Gasteiger partial charge in [-0.05, 0) is 68.6 Å². The maximum Gasteiger partial charge on any atom is 0.195 e. The first-order valence-corrected chi connectivity index (χ1v) is 12.5. The quantitative estimate of drug-likeness (QED) is 0.504. The molecule has 2 aliphatic heterocycles. The molecule has 2 saturated heterocycles. The topological polar surface area (TPSA) is 65.4 Å². The lowest BCUT2D eigenvalue weighted by molar-refractivity contribution is 0.103. The summed E-state index contributed by atoms with van der Waals surface area (Å²) in [6.45, 7) is 8.88. The van der Waals surface area contributed by atoms with Gasteiger partial charge in [0.2, 0.25) is 0 Å². The third kappa shape index (κ3) is 3.20. The zero-order valence-corrected chi connectivity index (χ0v) is 20.1. The van der Waals surface area contributed by atoms with E-state index < -0.39 is 0 Å². The van der Waals surface area contributed by atoms with Crippen molar-refractivity contribution >= 4 is 39.7 Å². The summed E-state index contributed by atoms with van der Waals surface area (Å²) in [6, 6.07) is 10.5. The second-order valence-corrected chi connectivity index (χ2v) is 10.9. The summed E-state index contributed by atoms with van der Waals surface area (Å²) in [4.78, 5) is 22.3. The Bertz CT molecular complexity index is 1260. The molecule has 1 aromatic heterocycles. The van der Waals surface area contributed by atoms with E-state index in [0.29, 0.717) is 22.3 Å². The van der Waals surface area contributed by atoms with Gasteiger partial charge < -0.3 is 20.5 Å². The molecule has 3 aromatic rings. The van der Waals surface area contributed by atoms with Crippen LogP contribution in [0, 0.1) is 0 Å². The van der Waals surface area contributed by atoms with E-state index in [1.54, 1.807) is 0 Å². The zero-order chi connectivity index (χ0) is 22.9.